The second-order valence-corrected chi connectivity index (χ2v) is 4.60. The molecule has 0 aliphatic rings. The van der Waals surface area contributed by atoms with Gasteiger partial charge in [-0.05, 0) is 17.9 Å². The van der Waals surface area contributed by atoms with E-state index >= 15 is 0 Å². The number of carbonyl (C=O) groups excluding carboxylic acids is 1. The summed E-state index contributed by atoms with van der Waals surface area (Å²) in [6, 6.07) is 9.10. The third-order valence-electron chi connectivity index (χ3n) is 2.40. The zero-order chi connectivity index (χ0) is 14.3. The summed E-state index contributed by atoms with van der Waals surface area (Å²) < 4.78 is 9.65. The van der Waals surface area contributed by atoms with Crippen molar-refractivity contribution in [2.75, 3.05) is 0 Å². The molecule has 1 rings (SSSR count). The summed E-state index contributed by atoms with van der Waals surface area (Å²) in [4.78, 5) is 22.3. The van der Waals surface area contributed by atoms with Crippen LogP contribution in [0.2, 0.25) is 0 Å². The summed E-state index contributed by atoms with van der Waals surface area (Å²) in [6.07, 6.45) is -1.87. The zero-order valence-electron chi connectivity index (χ0n) is 11.0. The number of hydrogen-bond donors (Lipinski definition) is 1. The van der Waals surface area contributed by atoms with Crippen molar-refractivity contribution in [3.8, 4) is 0 Å². The molecular formula is C14H18O5. The number of carboxylic acid groups (broad SMARTS) is 1. The minimum Gasteiger partial charge on any atom is -0.479 e. The highest BCUT2D eigenvalue weighted by Gasteiger charge is 2.24. The van der Waals surface area contributed by atoms with Gasteiger partial charge in [0.25, 0.3) is 0 Å². The molecule has 0 saturated heterocycles. The standard InChI is InChI=1S/C14H18O5/c1-10(2)8-12(13(15)16)19-14(17)18-9-11-6-4-3-5-7-11/h3-7,10,12H,8-9H2,1-2H3,(H,15,16)/t12-/m0/s1. The Kier molecular flexibility index (Phi) is 5.85. The number of ether oxygens (including phenoxy) is 2. The van der Waals surface area contributed by atoms with E-state index in [1.54, 1.807) is 12.1 Å². The Morgan fingerprint density at radius 3 is 2.37 bits per heavy atom. The summed E-state index contributed by atoms with van der Waals surface area (Å²) >= 11 is 0. The predicted octanol–water partition coefficient (Wildman–Crippen LogP) is 2.84. The molecule has 104 valence electrons. The molecule has 0 aliphatic heterocycles. The Morgan fingerprint density at radius 2 is 1.84 bits per heavy atom. The third-order valence-corrected chi connectivity index (χ3v) is 2.40. The molecule has 5 nitrogen and oxygen atoms in total. The van der Waals surface area contributed by atoms with Crippen LogP contribution in [-0.2, 0) is 20.9 Å². The summed E-state index contributed by atoms with van der Waals surface area (Å²) in [5, 5.41) is 8.92. The zero-order valence-corrected chi connectivity index (χ0v) is 11.0. The normalized spacial score (nSPS) is 11.9. The number of carbonyl (C=O) groups is 2. The topological polar surface area (TPSA) is 72.8 Å². The van der Waals surface area contributed by atoms with E-state index < -0.39 is 18.2 Å². The lowest BCUT2D eigenvalue weighted by molar-refractivity contribution is -0.149. The molecular weight excluding hydrogens is 248 g/mol. The number of aliphatic carboxylic acids is 1. The van der Waals surface area contributed by atoms with Crippen molar-refractivity contribution in [1.82, 2.24) is 0 Å². The number of hydrogen-bond acceptors (Lipinski definition) is 4. The Bertz CT molecular complexity index is 413. The van der Waals surface area contributed by atoms with Crippen LogP contribution < -0.4 is 0 Å². The molecule has 5 heteroatoms. The van der Waals surface area contributed by atoms with E-state index in [-0.39, 0.29) is 18.9 Å². The molecule has 1 aromatic rings. The maximum atomic E-state index is 11.4. The minimum atomic E-state index is -1.16. The number of benzene rings is 1. The molecule has 1 atom stereocenters. The van der Waals surface area contributed by atoms with Gasteiger partial charge < -0.3 is 14.6 Å². The van der Waals surface area contributed by atoms with Gasteiger partial charge in [0.05, 0.1) is 0 Å². The van der Waals surface area contributed by atoms with Crippen LogP contribution in [0.5, 0.6) is 0 Å². The Morgan fingerprint density at radius 1 is 1.21 bits per heavy atom. The van der Waals surface area contributed by atoms with Gasteiger partial charge in [0.1, 0.15) is 6.61 Å². The first kappa shape index (κ1) is 15.0. The van der Waals surface area contributed by atoms with Crippen LogP contribution in [0.4, 0.5) is 4.79 Å². The molecule has 0 unspecified atom stereocenters. The van der Waals surface area contributed by atoms with Gasteiger partial charge in [-0.25, -0.2) is 9.59 Å². The summed E-state index contributed by atoms with van der Waals surface area (Å²) in [5.74, 6) is -1.05. The van der Waals surface area contributed by atoms with Crippen LogP contribution in [-0.4, -0.2) is 23.3 Å². The monoisotopic (exact) mass is 266 g/mol. The van der Waals surface area contributed by atoms with E-state index in [2.05, 4.69) is 0 Å². The fourth-order valence-corrected chi connectivity index (χ4v) is 1.49. The first-order chi connectivity index (χ1) is 8.99. The van der Waals surface area contributed by atoms with Gasteiger partial charge in [0, 0.05) is 0 Å². The molecule has 0 heterocycles. The second kappa shape index (κ2) is 7.41. The van der Waals surface area contributed by atoms with Gasteiger partial charge in [-0.15, -0.1) is 0 Å². The van der Waals surface area contributed by atoms with Gasteiger partial charge in [-0.3, -0.25) is 0 Å². The molecule has 0 fully saturated rings. The highest BCUT2D eigenvalue weighted by molar-refractivity contribution is 5.75. The van der Waals surface area contributed by atoms with Gasteiger partial charge in [0.2, 0.25) is 6.10 Å². The van der Waals surface area contributed by atoms with E-state index in [0.29, 0.717) is 0 Å². The molecule has 0 aliphatic carbocycles. The maximum absolute atomic E-state index is 11.4. The number of rotatable bonds is 6. The molecule has 0 saturated carbocycles. The fraction of sp³-hybridized carbons (Fsp3) is 0.429. The summed E-state index contributed by atoms with van der Waals surface area (Å²) in [5.41, 5.74) is 0.815. The smallest absolute Gasteiger partial charge is 0.479 e. The van der Waals surface area contributed by atoms with Crippen molar-refractivity contribution in [2.45, 2.75) is 33.0 Å². The van der Waals surface area contributed by atoms with Crippen molar-refractivity contribution in [2.24, 2.45) is 5.92 Å². The average Bonchev–Trinajstić information content (AvgIpc) is 2.36. The lowest BCUT2D eigenvalue weighted by atomic mass is 10.1. The van der Waals surface area contributed by atoms with Gasteiger partial charge in [-0.1, -0.05) is 44.2 Å². The highest BCUT2D eigenvalue weighted by atomic mass is 16.7. The molecule has 0 bridgehead atoms. The lowest BCUT2D eigenvalue weighted by Gasteiger charge is -2.15. The van der Waals surface area contributed by atoms with Crippen LogP contribution in [0.25, 0.3) is 0 Å². The van der Waals surface area contributed by atoms with Gasteiger partial charge in [0.15, 0.2) is 0 Å². The van der Waals surface area contributed by atoms with Crippen molar-refractivity contribution in [3.63, 3.8) is 0 Å². The van der Waals surface area contributed by atoms with Crippen LogP contribution in [0, 0.1) is 5.92 Å². The van der Waals surface area contributed by atoms with E-state index in [9.17, 15) is 9.59 Å². The average molecular weight is 266 g/mol. The lowest BCUT2D eigenvalue weighted by Crippen LogP contribution is -2.28. The molecule has 0 aromatic heterocycles. The quantitative estimate of drug-likeness (QED) is 0.801. The fourth-order valence-electron chi connectivity index (χ4n) is 1.49. The van der Waals surface area contributed by atoms with Crippen LogP contribution in [0.1, 0.15) is 25.8 Å². The first-order valence-corrected chi connectivity index (χ1v) is 6.09. The van der Waals surface area contributed by atoms with Crippen molar-refractivity contribution in [3.05, 3.63) is 35.9 Å². The Hall–Kier alpha value is -2.04. The highest BCUT2D eigenvalue weighted by Crippen LogP contribution is 2.10. The maximum Gasteiger partial charge on any atom is 0.509 e. The van der Waals surface area contributed by atoms with Crippen molar-refractivity contribution < 1.29 is 24.2 Å². The molecule has 19 heavy (non-hydrogen) atoms. The largest absolute Gasteiger partial charge is 0.509 e. The van der Waals surface area contributed by atoms with Crippen molar-refractivity contribution >= 4 is 12.1 Å². The Labute approximate surface area is 112 Å². The van der Waals surface area contributed by atoms with Crippen LogP contribution >= 0.6 is 0 Å². The SMILES string of the molecule is CC(C)C[C@H](OC(=O)OCc1ccccc1)C(=O)O. The molecule has 0 spiro atoms. The predicted molar refractivity (Wildman–Crippen MR) is 68.6 cm³/mol. The minimum absolute atomic E-state index is 0.0632. The second-order valence-electron chi connectivity index (χ2n) is 4.60. The first-order valence-electron chi connectivity index (χ1n) is 6.09. The van der Waals surface area contributed by atoms with Gasteiger partial charge in [-0.2, -0.15) is 0 Å². The summed E-state index contributed by atoms with van der Waals surface area (Å²) in [7, 11) is 0. The van der Waals surface area contributed by atoms with Gasteiger partial charge >= 0.3 is 12.1 Å². The van der Waals surface area contributed by atoms with E-state index in [1.165, 1.54) is 0 Å². The van der Waals surface area contributed by atoms with E-state index in [1.807, 2.05) is 32.0 Å². The Balaban J connectivity index is 2.42. The van der Waals surface area contributed by atoms with Crippen LogP contribution in [0.3, 0.4) is 0 Å². The summed E-state index contributed by atoms with van der Waals surface area (Å²) in [6.45, 7) is 3.77. The molecule has 0 amide bonds. The van der Waals surface area contributed by atoms with E-state index in [0.717, 1.165) is 5.56 Å². The molecule has 1 aromatic carbocycles. The van der Waals surface area contributed by atoms with Crippen molar-refractivity contribution in [1.29, 1.82) is 0 Å². The third kappa shape index (κ3) is 5.90. The molecule has 0 radical (unpaired) electrons. The van der Waals surface area contributed by atoms with Crippen LogP contribution in [0.15, 0.2) is 30.3 Å². The number of carboxylic acids is 1. The van der Waals surface area contributed by atoms with E-state index in [4.69, 9.17) is 14.6 Å². The molecule has 1 N–H and O–H groups in total.